The van der Waals surface area contributed by atoms with E-state index in [0.717, 1.165) is 33.8 Å². The molecule has 9 rings (SSSR count). The Balaban J connectivity index is 1.33. The van der Waals surface area contributed by atoms with Gasteiger partial charge in [0, 0.05) is 32.9 Å². The van der Waals surface area contributed by atoms with Crippen LogP contribution in [0.4, 0.5) is 5.69 Å². The van der Waals surface area contributed by atoms with Crippen LogP contribution < -0.4 is 4.90 Å². The molecule has 0 fully saturated rings. The third-order valence-electron chi connectivity index (χ3n) is 8.76. The van der Waals surface area contributed by atoms with Gasteiger partial charge in [0.25, 0.3) is 0 Å². The Labute approximate surface area is 242 Å². The largest absolute Gasteiger partial charge is 0.317 e. The summed E-state index contributed by atoms with van der Waals surface area (Å²) < 4.78 is 4.61. The number of nitrogens with zero attached hydrogens (tertiary/aromatic N) is 6. The highest BCUT2D eigenvalue weighted by Gasteiger charge is 2.43. The second kappa shape index (κ2) is 8.51. The molecule has 0 amide bonds. The van der Waals surface area contributed by atoms with Gasteiger partial charge in [-0.3, -0.25) is 4.57 Å². The fraction of sp³-hybridized carbons (Fsp3) is 0.0833. The van der Waals surface area contributed by atoms with Crippen LogP contribution in [0.15, 0.2) is 136 Å². The second-order valence-electron chi connectivity index (χ2n) is 11.2. The van der Waals surface area contributed by atoms with E-state index >= 15 is 0 Å². The van der Waals surface area contributed by atoms with Crippen molar-refractivity contribution in [3.05, 3.63) is 121 Å². The van der Waals surface area contributed by atoms with Gasteiger partial charge in [0.05, 0.1) is 35.0 Å². The molecule has 1 atom stereocenters. The predicted molar refractivity (Wildman–Crippen MR) is 175 cm³/mol. The summed E-state index contributed by atoms with van der Waals surface area (Å²) in [5.41, 5.74) is 6.31. The molecule has 7 aromatic rings. The van der Waals surface area contributed by atoms with Crippen molar-refractivity contribution in [2.24, 2.45) is 15.0 Å². The highest BCUT2D eigenvalue weighted by Crippen LogP contribution is 2.41. The van der Waals surface area contributed by atoms with Crippen LogP contribution in [-0.4, -0.2) is 39.4 Å². The minimum absolute atomic E-state index is 0.442. The number of benzene rings is 5. The molecule has 6 nitrogen and oxygen atoms in total. The molecule has 2 aliphatic rings. The number of hydrogen-bond acceptors (Lipinski definition) is 4. The zero-order chi connectivity index (χ0) is 27.8. The lowest BCUT2D eigenvalue weighted by Crippen LogP contribution is -2.51. The topological polar surface area (TPSA) is 50.2 Å². The van der Waals surface area contributed by atoms with Crippen molar-refractivity contribution in [2.45, 2.75) is 12.5 Å². The normalized spacial score (nSPS) is 18.3. The molecule has 1 unspecified atom stereocenters. The number of amidine groups is 1. The summed E-state index contributed by atoms with van der Waals surface area (Å²) in [6.45, 7) is 2.72. The number of rotatable bonds is 2. The van der Waals surface area contributed by atoms with Gasteiger partial charge in [-0.25, -0.2) is 9.98 Å². The quantitative estimate of drug-likeness (QED) is 0.220. The van der Waals surface area contributed by atoms with Crippen LogP contribution in [0.1, 0.15) is 6.92 Å². The summed E-state index contributed by atoms with van der Waals surface area (Å²) in [4.78, 5) is 17.3. The van der Waals surface area contributed by atoms with Crippen LogP contribution in [0.5, 0.6) is 0 Å². The summed E-state index contributed by atoms with van der Waals surface area (Å²) in [5, 5.41) is 4.77. The van der Waals surface area contributed by atoms with Crippen molar-refractivity contribution in [3.63, 3.8) is 0 Å². The molecule has 0 N–H and O–H groups in total. The molecule has 200 valence electrons. The first-order valence-electron chi connectivity index (χ1n) is 14.3. The lowest BCUT2D eigenvalue weighted by atomic mass is 9.98. The fourth-order valence-electron chi connectivity index (χ4n) is 6.77. The maximum absolute atomic E-state index is 5.18. The standard InChI is InChI=1S/C36H26N6/c1-36-22-37-35(39-34(36)38-23-40(36)24-12-4-2-5-13-24)42-29-18-10-8-16-26(29)27-20-21-31-32(33(27)42)28-17-9-11-19-30(28)41(31)25-14-6-3-7-15-25/h2-21,23H,22H2,1H3. The molecular formula is C36H26N6. The van der Waals surface area contributed by atoms with Gasteiger partial charge in [-0.15, -0.1) is 0 Å². The zero-order valence-electron chi connectivity index (χ0n) is 23.0. The van der Waals surface area contributed by atoms with Crippen molar-refractivity contribution < 1.29 is 0 Å². The van der Waals surface area contributed by atoms with E-state index in [2.05, 4.69) is 136 Å². The third-order valence-corrected chi connectivity index (χ3v) is 8.76. The lowest BCUT2D eigenvalue weighted by Gasteiger charge is -2.35. The Morgan fingerprint density at radius 2 is 1.24 bits per heavy atom. The molecule has 5 aromatic carbocycles. The SMILES string of the molecule is CC12CN=C(n3c4ccccc4c4ccc5c(c6ccccc6n5-c5ccccc5)c43)N=C1N=CN2c1ccccc1. The van der Waals surface area contributed by atoms with Gasteiger partial charge < -0.3 is 9.47 Å². The fourth-order valence-corrected chi connectivity index (χ4v) is 6.77. The van der Waals surface area contributed by atoms with Gasteiger partial charge in [0.1, 0.15) is 5.54 Å². The Morgan fingerprint density at radius 3 is 2.00 bits per heavy atom. The van der Waals surface area contributed by atoms with Crippen LogP contribution in [0.2, 0.25) is 0 Å². The van der Waals surface area contributed by atoms with Crippen molar-refractivity contribution in [2.75, 3.05) is 11.4 Å². The van der Waals surface area contributed by atoms with E-state index in [0.29, 0.717) is 12.5 Å². The first-order valence-corrected chi connectivity index (χ1v) is 14.3. The Morgan fingerprint density at radius 1 is 0.595 bits per heavy atom. The van der Waals surface area contributed by atoms with Crippen LogP contribution in [-0.2, 0) is 0 Å². The molecule has 0 spiro atoms. The highest BCUT2D eigenvalue weighted by molar-refractivity contribution is 6.29. The average Bonchev–Trinajstić information content (AvgIpc) is 3.68. The predicted octanol–water partition coefficient (Wildman–Crippen LogP) is 7.82. The zero-order valence-corrected chi connectivity index (χ0v) is 23.0. The van der Waals surface area contributed by atoms with E-state index in [4.69, 9.17) is 15.0 Å². The maximum Gasteiger partial charge on any atom is 0.231 e. The van der Waals surface area contributed by atoms with E-state index in [9.17, 15) is 0 Å². The van der Waals surface area contributed by atoms with E-state index in [1.54, 1.807) is 0 Å². The molecule has 2 aromatic heterocycles. The van der Waals surface area contributed by atoms with E-state index in [-0.39, 0.29) is 0 Å². The molecule has 0 radical (unpaired) electrons. The van der Waals surface area contributed by atoms with Gasteiger partial charge in [0.2, 0.25) is 5.96 Å². The minimum Gasteiger partial charge on any atom is -0.317 e. The molecule has 0 aliphatic carbocycles. The first kappa shape index (κ1) is 23.2. The molecule has 0 saturated heterocycles. The van der Waals surface area contributed by atoms with Crippen LogP contribution in [0, 0.1) is 0 Å². The molecule has 2 aliphatic heterocycles. The Kier molecular flexibility index (Phi) is 4.71. The second-order valence-corrected chi connectivity index (χ2v) is 11.2. The monoisotopic (exact) mass is 542 g/mol. The number of aliphatic imine (C=N–C) groups is 3. The Bertz CT molecular complexity index is 2290. The van der Waals surface area contributed by atoms with Gasteiger partial charge in [-0.2, -0.15) is 4.99 Å². The van der Waals surface area contributed by atoms with Gasteiger partial charge in [-0.05, 0) is 49.4 Å². The Hall–Kier alpha value is -5.49. The summed E-state index contributed by atoms with van der Waals surface area (Å²) in [6, 6.07) is 42.7. The number of para-hydroxylation sites is 4. The molecular weight excluding hydrogens is 516 g/mol. The number of aromatic nitrogens is 2. The first-order chi connectivity index (χ1) is 20.7. The van der Waals surface area contributed by atoms with E-state index < -0.39 is 5.54 Å². The van der Waals surface area contributed by atoms with Crippen molar-refractivity contribution >= 4 is 67.4 Å². The molecule has 4 heterocycles. The molecule has 0 saturated carbocycles. The van der Waals surface area contributed by atoms with E-state index in [1.165, 1.54) is 27.1 Å². The van der Waals surface area contributed by atoms with Crippen LogP contribution in [0.3, 0.4) is 0 Å². The minimum atomic E-state index is -0.442. The third kappa shape index (κ3) is 3.06. The van der Waals surface area contributed by atoms with Gasteiger partial charge in [0.15, 0.2) is 5.84 Å². The summed E-state index contributed by atoms with van der Waals surface area (Å²) in [5.74, 6) is 1.45. The van der Waals surface area contributed by atoms with E-state index in [1.807, 2.05) is 12.4 Å². The van der Waals surface area contributed by atoms with Crippen molar-refractivity contribution in [3.8, 4) is 5.69 Å². The van der Waals surface area contributed by atoms with Crippen LogP contribution >= 0.6 is 0 Å². The number of fused-ring (bicyclic) bond motifs is 8. The van der Waals surface area contributed by atoms with Crippen molar-refractivity contribution in [1.29, 1.82) is 0 Å². The summed E-state index contributed by atoms with van der Waals surface area (Å²) >= 11 is 0. The smallest absolute Gasteiger partial charge is 0.231 e. The number of anilines is 1. The van der Waals surface area contributed by atoms with Gasteiger partial charge >= 0.3 is 0 Å². The molecule has 42 heavy (non-hydrogen) atoms. The van der Waals surface area contributed by atoms with Gasteiger partial charge in [-0.1, -0.05) is 78.9 Å². The highest BCUT2D eigenvalue weighted by atomic mass is 15.4. The lowest BCUT2D eigenvalue weighted by molar-refractivity contribution is 0.632. The average molecular weight is 543 g/mol. The van der Waals surface area contributed by atoms with Crippen LogP contribution in [0.25, 0.3) is 49.3 Å². The molecule has 0 bridgehead atoms. The maximum atomic E-state index is 5.18. The van der Waals surface area contributed by atoms with Crippen molar-refractivity contribution in [1.82, 2.24) is 9.13 Å². The number of hydrogen-bond donors (Lipinski definition) is 0. The summed E-state index contributed by atoms with van der Waals surface area (Å²) in [7, 11) is 0. The molecule has 6 heteroatoms. The summed E-state index contributed by atoms with van der Waals surface area (Å²) in [6.07, 6.45) is 1.89.